The van der Waals surface area contributed by atoms with E-state index < -0.39 is 0 Å². The Labute approximate surface area is 149 Å². The van der Waals surface area contributed by atoms with Gasteiger partial charge in [0.25, 0.3) is 0 Å². The number of carbonyl (C=O) groups excluding carboxylic acids is 1. The molecule has 1 saturated heterocycles. The molecule has 1 heterocycles. The van der Waals surface area contributed by atoms with Crippen LogP contribution in [0.3, 0.4) is 0 Å². The largest absolute Gasteiger partial charge is 0.337 e. The molecule has 0 aromatic heterocycles. The number of halogens is 1. The highest BCUT2D eigenvalue weighted by molar-refractivity contribution is 5.74. The van der Waals surface area contributed by atoms with Crippen molar-refractivity contribution >= 4 is 6.03 Å². The van der Waals surface area contributed by atoms with Gasteiger partial charge in [0, 0.05) is 32.2 Å². The summed E-state index contributed by atoms with van der Waals surface area (Å²) in [5.74, 6) is 0.199. The molecule has 1 aliphatic heterocycles. The highest BCUT2D eigenvalue weighted by Crippen LogP contribution is 2.37. The smallest absolute Gasteiger partial charge is 0.315 e. The molecule has 2 aliphatic rings. The number of nitrogens with zero attached hydrogens (tertiary/aromatic N) is 2. The summed E-state index contributed by atoms with van der Waals surface area (Å²) in [6.45, 7) is 3.67. The van der Waals surface area contributed by atoms with Gasteiger partial charge in [-0.15, -0.1) is 0 Å². The summed E-state index contributed by atoms with van der Waals surface area (Å²) >= 11 is 0. The number of hydrogen-bond acceptors (Lipinski definition) is 3. The van der Waals surface area contributed by atoms with Gasteiger partial charge in [-0.2, -0.15) is 0 Å². The first-order valence-electron chi connectivity index (χ1n) is 9.21. The molecule has 0 spiro atoms. The summed E-state index contributed by atoms with van der Waals surface area (Å²) in [4.78, 5) is 17.0. The van der Waals surface area contributed by atoms with Gasteiger partial charge in [-0.25, -0.2) is 9.18 Å². The summed E-state index contributed by atoms with van der Waals surface area (Å²) in [7, 11) is 4.22. The Morgan fingerprint density at radius 2 is 1.96 bits per heavy atom. The molecule has 2 atom stereocenters. The Balaban J connectivity index is 1.56. The van der Waals surface area contributed by atoms with Gasteiger partial charge in [0.2, 0.25) is 0 Å². The normalized spacial score (nSPS) is 23.7. The molecule has 1 aromatic rings. The minimum Gasteiger partial charge on any atom is -0.337 e. The quantitative estimate of drug-likeness (QED) is 0.858. The fourth-order valence-corrected chi connectivity index (χ4v) is 3.64. The van der Waals surface area contributed by atoms with Crippen LogP contribution in [0.2, 0.25) is 0 Å². The lowest BCUT2D eigenvalue weighted by molar-refractivity contribution is 0.114. The van der Waals surface area contributed by atoms with Gasteiger partial charge in [0.05, 0.1) is 6.04 Å². The van der Waals surface area contributed by atoms with Gasteiger partial charge < -0.3 is 15.5 Å². The van der Waals surface area contributed by atoms with Crippen molar-refractivity contribution in [2.24, 2.45) is 5.92 Å². The fourth-order valence-electron chi connectivity index (χ4n) is 3.64. The third-order valence-corrected chi connectivity index (χ3v) is 5.62. The molecule has 2 amide bonds. The molecule has 5 nitrogen and oxygen atoms in total. The number of piperazine rings is 1. The number of nitrogens with one attached hydrogen (secondary N) is 2. The summed E-state index contributed by atoms with van der Waals surface area (Å²) in [5, 5.41) is 6.14. The molecule has 2 N–H and O–H groups in total. The van der Waals surface area contributed by atoms with Gasteiger partial charge >= 0.3 is 6.03 Å². The summed E-state index contributed by atoms with van der Waals surface area (Å²) in [5.41, 5.74) is 0.982. The van der Waals surface area contributed by atoms with E-state index in [2.05, 4.69) is 34.5 Å². The summed E-state index contributed by atoms with van der Waals surface area (Å²) in [6.07, 6.45) is 3.42. The van der Waals surface area contributed by atoms with Crippen LogP contribution >= 0.6 is 0 Å². The van der Waals surface area contributed by atoms with E-state index in [0.717, 1.165) is 38.0 Å². The molecular weight excluding hydrogens is 319 g/mol. The lowest BCUT2D eigenvalue weighted by Gasteiger charge is -2.38. The molecule has 3 rings (SSSR count). The van der Waals surface area contributed by atoms with Crippen LogP contribution in [-0.4, -0.2) is 62.1 Å². The highest BCUT2D eigenvalue weighted by atomic mass is 19.1. The van der Waals surface area contributed by atoms with Crippen LogP contribution in [0.15, 0.2) is 24.3 Å². The lowest BCUT2D eigenvalue weighted by atomic mass is 9.77. The number of benzene rings is 1. The Morgan fingerprint density at radius 3 is 2.60 bits per heavy atom. The van der Waals surface area contributed by atoms with E-state index in [-0.39, 0.29) is 17.9 Å². The van der Waals surface area contributed by atoms with E-state index in [1.807, 2.05) is 0 Å². The van der Waals surface area contributed by atoms with E-state index in [4.69, 9.17) is 0 Å². The maximum Gasteiger partial charge on any atom is 0.315 e. The molecule has 0 radical (unpaired) electrons. The molecular formula is C19H29FN4O. The highest BCUT2D eigenvalue weighted by Gasteiger charge is 2.30. The van der Waals surface area contributed by atoms with E-state index in [9.17, 15) is 9.18 Å². The SMILES string of the molecule is CN1CCN(C)[C@H](CNC(=O)N[C@H](c2ccc(F)cc2)C2CCC2)C1. The zero-order chi connectivity index (χ0) is 17.8. The monoisotopic (exact) mass is 348 g/mol. The van der Waals surface area contributed by atoms with Crippen LogP contribution in [0.25, 0.3) is 0 Å². The first kappa shape index (κ1) is 18.1. The van der Waals surface area contributed by atoms with Crippen molar-refractivity contribution in [2.45, 2.75) is 31.3 Å². The van der Waals surface area contributed by atoms with Gasteiger partial charge in [-0.3, -0.25) is 4.90 Å². The molecule has 1 aromatic carbocycles. The van der Waals surface area contributed by atoms with E-state index >= 15 is 0 Å². The van der Waals surface area contributed by atoms with Crippen molar-refractivity contribution in [1.29, 1.82) is 0 Å². The number of urea groups is 1. The van der Waals surface area contributed by atoms with Gasteiger partial charge in [-0.05, 0) is 50.6 Å². The third kappa shape index (κ3) is 4.70. The first-order chi connectivity index (χ1) is 12.0. The number of likely N-dealkylation sites (N-methyl/N-ethyl adjacent to an activating group) is 2. The second-order valence-electron chi connectivity index (χ2n) is 7.47. The van der Waals surface area contributed by atoms with Gasteiger partial charge in [0.1, 0.15) is 5.82 Å². The van der Waals surface area contributed by atoms with E-state index in [0.29, 0.717) is 18.5 Å². The number of carbonyl (C=O) groups is 1. The molecule has 138 valence electrons. The maximum absolute atomic E-state index is 13.2. The number of amides is 2. The fraction of sp³-hybridized carbons (Fsp3) is 0.632. The van der Waals surface area contributed by atoms with Crippen LogP contribution in [0.5, 0.6) is 0 Å². The Hall–Kier alpha value is -1.66. The number of rotatable bonds is 5. The topological polar surface area (TPSA) is 47.6 Å². The predicted molar refractivity (Wildman–Crippen MR) is 96.9 cm³/mol. The molecule has 1 aliphatic carbocycles. The average molecular weight is 348 g/mol. The summed E-state index contributed by atoms with van der Waals surface area (Å²) in [6, 6.07) is 6.65. The maximum atomic E-state index is 13.2. The van der Waals surface area contributed by atoms with Crippen LogP contribution in [0.4, 0.5) is 9.18 Å². The van der Waals surface area contributed by atoms with Crippen molar-refractivity contribution in [2.75, 3.05) is 40.3 Å². The van der Waals surface area contributed by atoms with Crippen molar-refractivity contribution in [3.05, 3.63) is 35.6 Å². The van der Waals surface area contributed by atoms with Crippen LogP contribution in [0, 0.1) is 11.7 Å². The molecule has 2 fully saturated rings. The second kappa shape index (κ2) is 8.15. The summed E-state index contributed by atoms with van der Waals surface area (Å²) < 4.78 is 13.2. The molecule has 6 heteroatoms. The predicted octanol–water partition coefficient (Wildman–Crippen LogP) is 2.21. The van der Waals surface area contributed by atoms with Crippen molar-refractivity contribution in [3.63, 3.8) is 0 Å². The zero-order valence-corrected chi connectivity index (χ0v) is 15.2. The minimum absolute atomic E-state index is 0.0406. The average Bonchev–Trinajstić information content (AvgIpc) is 2.54. The Morgan fingerprint density at radius 1 is 1.24 bits per heavy atom. The second-order valence-corrected chi connectivity index (χ2v) is 7.47. The van der Waals surface area contributed by atoms with Crippen molar-refractivity contribution < 1.29 is 9.18 Å². The molecule has 0 bridgehead atoms. The minimum atomic E-state index is -0.245. The first-order valence-corrected chi connectivity index (χ1v) is 9.21. The molecule has 1 saturated carbocycles. The Kier molecular flexibility index (Phi) is 5.91. The van der Waals surface area contributed by atoms with Crippen LogP contribution in [-0.2, 0) is 0 Å². The zero-order valence-electron chi connectivity index (χ0n) is 15.2. The van der Waals surface area contributed by atoms with E-state index in [1.165, 1.54) is 18.6 Å². The van der Waals surface area contributed by atoms with E-state index in [1.54, 1.807) is 12.1 Å². The number of hydrogen-bond donors (Lipinski definition) is 2. The lowest BCUT2D eigenvalue weighted by Crippen LogP contribution is -2.55. The van der Waals surface area contributed by atoms with Crippen molar-refractivity contribution in [1.82, 2.24) is 20.4 Å². The standard InChI is InChI=1S/C19H29FN4O/c1-23-10-11-24(2)17(13-23)12-21-19(25)22-18(14-4-3-5-14)15-6-8-16(20)9-7-15/h6-9,14,17-18H,3-5,10-13H2,1-2H3,(H2,21,22,25)/t17-,18+/m1/s1. The molecule has 25 heavy (non-hydrogen) atoms. The molecule has 0 unspecified atom stereocenters. The van der Waals surface area contributed by atoms with Crippen LogP contribution < -0.4 is 10.6 Å². The Bertz CT molecular complexity index is 575. The van der Waals surface area contributed by atoms with Gasteiger partial charge in [0.15, 0.2) is 0 Å². The van der Waals surface area contributed by atoms with Crippen LogP contribution in [0.1, 0.15) is 30.9 Å². The third-order valence-electron chi connectivity index (χ3n) is 5.62. The van der Waals surface area contributed by atoms with Gasteiger partial charge in [-0.1, -0.05) is 18.6 Å². The van der Waals surface area contributed by atoms with Crippen molar-refractivity contribution in [3.8, 4) is 0 Å².